The van der Waals surface area contributed by atoms with E-state index in [1.807, 2.05) is 49.4 Å². The van der Waals surface area contributed by atoms with Gasteiger partial charge in [0.1, 0.15) is 4.90 Å². The Morgan fingerprint density at radius 1 is 1.04 bits per heavy atom. The SMILES string of the molecule is Cc1cnc2c(S(=O)(=O)NCCc3ccccc3)cccc2c1. The standard InChI is InChI=1S/C18H18N2O2S/c1-14-12-16-8-5-9-17(18(16)19-13-14)23(21,22)20-11-10-15-6-3-2-4-7-15/h2-9,12-13,20H,10-11H2,1H3. The van der Waals surface area contributed by atoms with E-state index in [4.69, 9.17) is 0 Å². The summed E-state index contributed by atoms with van der Waals surface area (Å²) in [6.07, 6.45) is 2.34. The first-order chi connectivity index (χ1) is 11.1. The van der Waals surface area contributed by atoms with Crippen molar-refractivity contribution in [1.82, 2.24) is 9.71 Å². The third-order valence-corrected chi connectivity index (χ3v) is 5.14. The van der Waals surface area contributed by atoms with E-state index in [1.54, 1.807) is 18.3 Å². The summed E-state index contributed by atoms with van der Waals surface area (Å²) in [7, 11) is -3.58. The molecule has 4 nitrogen and oxygen atoms in total. The Kier molecular flexibility index (Phi) is 4.41. The highest BCUT2D eigenvalue weighted by Gasteiger charge is 2.17. The molecule has 0 saturated carbocycles. The van der Waals surface area contributed by atoms with Crippen molar-refractivity contribution in [3.05, 3.63) is 71.9 Å². The molecular formula is C18H18N2O2S. The first-order valence-electron chi connectivity index (χ1n) is 7.45. The van der Waals surface area contributed by atoms with Gasteiger partial charge in [-0.3, -0.25) is 4.98 Å². The fourth-order valence-corrected chi connectivity index (χ4v) is 3.72. The van der Waals surface area contributed by atoms with Gasteiger partial charge in [-0.2, -0.15) is 0 Å². The summed E-state index contributed by atoms with van der Waals surface area (Å²) in [5.41, 5.74) is 2.61. The van der Waals surface area contributed by atoms with Crippen LogP contribution in [0.4, 0.5) is 0 Å². The first-order valence-corrected chi connectivity index (χ1v) is 8.93. The Hall–Kier alpha value is -2.24. The summed E-state index contributed by atoms with van der Waals surface area (Å²) in [6, 6.07) is 16.9. The van der Waals surface area contributed by atoms with Crippen LogP contribution in [0.25, 0.3) is 10.9 Å². The summed E-state index contributed by atoms with van der Waals surface area (Å²) < 4.78 is 27.8. The summed E-state index contributed by atoms with van der Waals surface area (Å²) in [4.78, 5) is 4.52. The lowest BCUT2D eigenvalue weighted by molar-refractivity contribution is 0.582. The number of benzene rings is 2. The van der Waals surface area contributed by atoms with Crippen LogP contribution in [0.5, 0.6) is 0 Å². The molecule has 0 amide bonds. The van der Waals surface area contributed by atoms with E-state index in [9.17, 15) is 8.42 Å². The van der Waals surface area contributed by atoms with Gasteiger partial charge in [0.05, 0.1) is 5.52 Å². The van der Waals surface area contributed by atoms with Crippen LogP contribution >= 0.6 is 0 Å². The van der Waals surface area contributed by atoms with E-state index in [2.05, 4.69) is 9.71 Å². The van der Waals surface area contributed by atoms with Crippen LogP contribution in [0.2, 0.25) is 0 Å². The number of rotatable bonds is 5. The maximum Gasteiger partial charge on any atom is 0.242 e. The Balaban J connectivity index is 1.82. The van der Waals surface area contributed by atoms with Crippen molar-refractivity contribution < 1.29 is 8.42 Å². The minimum atomic E-state index is -3.58. The van der Waals surface area contributed by atoms with Gasteiger partial charge in [-0.15, -0.1) is 0 Å². The van der Waals surface area contributed by atoms with Crippen LogP contribution in [0.3, 0.4) is 0 Å². The van der Waals surface area contributed by atoms with Crippen molar-refractivity contribution in [3.63, 3.8) is 0 Å². The maximum atomic E-state index is 12.6. The Labute approximate surface area is 136 Å². The largest absolute Gasteiger partial charge is 0.255 e. The van der Waals surface area contributed by atoms with Crippen LogP contribution < -0.4 is 4.72 Å². The summed E-state index contributed by atoms with van der Waals surface area (Å²) in [5, 5.41) is 0.830. The third-order valence-electron chi connectivity index (χ3n) is 3.65. The number of aromatic nitrogens is 1. The van der Waals surface area contributed by atoms with Gasteiger partial charge in [0, 0.05) is 18.1 Å². The van der Waals surface area contributed by atoms with Gasteiger partial charge < -0.3 is 0 Å². The molecule has 0 aliphatic rings. The number of fused-ring (bicyclic) bond motifs is 1. The van der Waals surface area contributed by atoms with Crippen LogP contribution in [-0.4, -0.2) is 19.9 Å². The first kappa shape index (κ1) is 15.6. The zero-order valence-electron chi connectivity index (χ0n) is 12.9. The lowest BCUT2D eigenvalue weighted by Gasteiger charge is -2.09. The van der Waals surface area contributed by atoms with E-state index in [0.29, 0.717) is 18.5 Å². The fourth-order valence-electron chi connectivity index (χ4n) is 2.51. The molecule has 3 aromatic rings. The molecule has 23 heavy (non-hydrogen) atoms. The van der Waals surface area contributed by atoms with Gasteiger partial charge in [-0.05, 0) is 36.6 Å². The number of aryl methyl sites for hydroxylation is 1. The number of hydrogen-bond acceptors (Lipinski definition) is 3. The van der Waals surface area contributed by atoms with E-state index in [-0.39, 0.29) is 4.90 Å². The zero-order chi connectivity index (χ0) is 16.3. The third kappa shape index (κ3) is 3.57. The molecule has 0 radical (unpaired) electrons. The van der Waals surface area contributed by atoms with E-state index in [0.717, 1.165) is 16.5 Å². The van der Waals surface area contributed by atoms with Crippen LogP contribution in [0.15, 0.2) is 65.7 Å². The van der Waals surface area contributed by atoms with Crippen LogP contribution in [-0.2, 0) is 16.4 Å². The molecule has 1 N–H and O–H groups in total. The van der Waals surface area contributed by atoms with Gasteiger partial charge in [0.2, 0.25) is 10.0 Å². The molecule has 0 unspecified atom stereocenters. The second kappa shape index (κ2) is 6.48. The number of nitrogens with zero attached hydrogens (tertiary/aromatic N) is 1. The molecule has 118 valence electrons. The average molecular weight is 326 g/mol. The lowest BCUT2D eigenvalue weighted by Crippen LogP contribution is -2.26. The lowest BCUT2D eigenvalue weighted by atomic mass is 10.2. The molecule has 1 heterocycles. The summed E-state index contributed by atoms with van der Waals surface area (Å²) >= 11 is 0. The number of nitrogens with one attached hydrogen (secondary N) is 1. The molecule has 0 atom stereocenters. The summed E-state index contributed by atoms with van der Waals surface area (Å²) in [5.74, 6) is 0. The molecule has 3 rings (SSSR count). The van der Waals surface area contributed by atoms with Crippen molar-refractivity contribution in [2.75, 3.05) is 6.54 Å². The minimum Gasteiger partial charge on any atom is -0.255 e. The topological polar surface area (TPSA) is 59.1 Å². The predicted molar refractivity (Wildman–Crippen MR) is 91.8 cm³/mol. The predicted octanol–water partition coefficient (Wildman–Crippen LogP) is 3.06. The highest BCUT2D eigenvalue weighted by molar-refractivity contribution is 7.89. The number of pyridine rings is 1. The Bertz CT molecular complexity index is 922. The van der Waals surface area contributed by atoms with Gasteiger partial charge in [-0.1, -0.05) is 42.5 Å². The van der Waals surface area contributed by atoms with Crippen molar-refractivity contribution >= 4 is 20.9 Å². The number of sulfonamides is 1. The van der Waals surface area contributed by atoms with E-state index in [1.165, 1.54) is 0 Å². The quantitative estimate of drug-likeness (QED) is 0.784. The zero-order valence-corrected chi connectivity index (χ0v) is 13.7. The van der Waals surface area contributed by atoms with Crippen molar-refractivity contribution in [1.29, 1.82) is 0 Å². The van der Waals surface area contributed by atoms with E-state index >= 15 is 0 Å². The minimum absolute atomic E-state index is 0.225. The summed E-state index contributed by atoms with van der Waals surface area (Å²) in [6.45, 7) is 2.29. The smallest absolute Gasteiger partial charge is 0.242 e. The monoisotopic (exact) mass is 326 g/mol. The molecule has 5 heteroatoms. The number of hydrogen-bond donors (Lipinski definition) is 1. The molecule has 0 aliphatic carbocycles. The van der Waals surface area contributed by atoms with Crippen molar-refractivity contribution in [3.8, 4) is 0 Å². The van der Waals surface area contributed by atoms with Gasteiger partial charge >= 0.3 is 0 Å². The highest BCUT2D eigenvalue weighted by Crippen LogP contribution is 2.21. The maximum absolute atomic E-state index is 12.6. The fraction of sp³-hybridized carbons (Fsp3) is 0.167. The molecule has 1 aromatic heterocycles. The molecule has 0 fully saturated rings. The Morgan fingerprint density at radius 3 is 2.61 bits per heavy atom. The average Bonchev–Trinajstić information content (AvgIpc) is 2.55. The molecule has 0 saturated heterocycles. The van der Waals surface area contributed by atoms with Crippen LogP contribution in [0.1, 0.15) is 11.1 Å². The molecule has 0 spiro atoms. The normalized spacial score (nSPS) is 11.7. The van der Waals surface area contributed by atoms with Crippen molar-refractivity contribution in [2.24, 2.45) is 0 Å². The van der Waals surface area contributed by atoms with Crippen LogP contribution in [0, 0.1) is 6.92 Å². The molecular weight excluding hydrogens is 308 g/mol. The second-order valence-electron chi connectivity index (χ2n) is 5.47. The second-order valence-corrected chi connectivity index (χ2v) is 7.21. The molecule has 2 aromatic carbocycles. The van der Waals surface area contributed by atoms with Gasteiger partial charge in [0.25, 0.3) is 0 Å². The van der Waals surface area contributed by atoms with E-state index < -0.39 is 10.0 Å². The highest BCUT2D eigenvalue weighted by atomic mass is 32.2. The van der Waals surface area contributed by atoms with Gasteiger partial charge in [0.15, 0.2) is 0 Å². The van der Waals surface area contributed by atoms with Crippen molar-refractivity contribution in [2.45, 2.75) is 18.2 Å². The molecule has 0 bridgehead atoms. The molecule has 0 aliphatic heterocycles. The Morgan fingerprint density at radius 2 is 1.83 bits per heavy atom. The number of para-hydroxylation sites is 1. The van der Waals surface area contributed by atoms with Gasteiger partial charge in [-0.25, -0.2) is 13.1 Å².